The molecule has 0 rings (SSSR count). The van der Waals surface area contributed by atoms with Crippen LogP contribution in [-0.4, -0.2) is 18.1 Å². The van der Waals surface area contributed by atoms with E-state index < -0.39 is 6.09 Å². The normalized spacial score (nSPS) is 11.3. The van der Waals surface area contributed by atoms with E-state index in [0.717, 1.165) is 25.7 Å². The summed E-state index contributed by atoms with van der Waals surface area (Å²) in [5, 5.41) is 2.60. The Morgan fingerprint density at radius 1 is 1.57 bits per heavy atom. The van der Waals surface area contributed by atoms with Crippen molar-refractivity contribution in [2.45, 2.75) is 45.6 Å². The minimum Gasteiger partial charge on any atom is -0.406 e. The van der Waals surface area contributed by atoms with Crippen molar-refractivity contribution < 1.29 is 14.3 Å². The second-order valence-corrected chi connectivity index (χ2v) is 3.18. The van der Waals surface area contributed by atoms with E-state index in [-0.39, 0.29) is 6.04 Å². The van der Waals surface area contributed by atoms with Crippen molar-refractivity contribution in [3.8, 4) is 0 Å². The second-order valence-electron chi connectivity index (χ2n) is 3.18. The minimum atomic E-state index is -0.600. The molecule has 0 fully saturated rings. The maximum absolute atomic E-state index is 10.9. The van der Waals surface area contributed by atoms with Gasteiger partial charge in [-0.05, 0) is 13.3 Å². The molecule has 0 aromatic heterocycles. The number of carbonyl (C=O) groups is 1. The van der Waals surface area contributed by atoms with E-state index in [2.05, 4.69) is 17.0 Å². The van der Waals surface area contributed by atoms with Gasteiger partial charge in [0.2, 0.25) is 0 Å². The molecule has 1 unspecified atom stereocenters. The Bertz CT molecular complexity index is 209. The average Bonchev–Trinajstić information content (AvgIpc) is 2.15. The van der Waals surface area contributed by atoms with Crippen molar-refractivity contribution in [1.29, 1.82) is 0 Å². The number of amides is 1. The first kappa shape index (κ1) is 12.7. The van der Waals surface area contributed by atoms with Crippen molar-refractivity contribution in [2.24, 2.45) is 0 Å². The van der Waals surface area contributed by atoms with Crippen LogP contribution < -0.4 is 5.32 Å². The van der Waals surface area contributed by atoms with Crippen molar-refractivity contribution in [3.63, 3.8) is 0 Å². The van der Waals surface area contributed by atoms with Gasteiger partial charge in [-0.1, -0.05) is 26.2 Å². The van der Waals surface area contributed by atoms with Crippen LogP contribution in [0.15, 0.2) is 6.26 Å². The zero-order valence-electron chi connectivity index (χ0n) is 8.71. The van der Waals surface area contributed by atoms with E-state index >= 15 is 0 Å². The summed E-state index contributed by atoms with van der Waals surface area (Å²) >= 11 is 0. The number of ether oxygens (including phenoxy) is 1. The molecule has 1 N–H and O–H groups in total. The summed E-state index contributed by atoms with van der Waals surface area (Å²) in [7, 11) is 0. The molecule has 0 heterocycles. The summed E-state index contributed by atoms with van der Waals surface area (Å²) in [6, 6.07) is 0.0779. The fourth-order valence-corrected chi connectivity index (χ4v) is 1.09. The quantitative estimate of drug-likeness (QED) is 0.404. The van der Waals surface area contributed by atoms with Gasteiger partial charge in [-0.3, -0.25) is 0 Å². The van der Waals surface area contributed by atoms with Crippen LogP contribution in [0.4, 0.5) is 4.79 Å². The van der Waals surface area contributed by atoms with E-state index in [0.29, 0.717) is 6.26 Å². The molecule has 14 heavy (non-hydrogen) atoms. The topological polar surface area (TPSA) is 55.4 Å². The molecule has 0 aliphatic heterocycles. The van der Waals surface area contributed by atoms with Crippen LogP contribution in [0, 0.1) is 0 Å². The zero-order valence-corrected chi connectivity index (χ0v) is 8.71. The monoisotopic (exact) mass is 199 g/mol. The summed E-state index contributed by atoms with van der Waals surface area (Å²) < 4.78 is 4.37. The van der Waals surface area contributed by atoms with E-state index in [4.69, 9.17) is 0 Å². The lowest BCUT2D eigenvalue weighted by Gasteiger charge is -2.11. The molecule has 0 aromatic carbocycles. The molecule has 1 atom stereocenters. The molecule has 0 radical (unpaired) electrons. The molecule has 0 saturated heterocycles. The van der Waals surface area contributed by atoms with Gasteiger partial charge < -0.3 is 10.1 Å². The van der Waals surface area contributed by atoms with E-state index in [1.54, 1.807) is 0 Å². The maximum Gasteiger partial charge on any atom is 0.412 e. The molecule has 1 amide bonds. The second kappa shape index (κ2) is 8.32. The molecule has 80 valence electrons. The predicted octanol–water partition coefficient (Wildman–Crippen LogP) is 2.03. The van der Waals surface area contributed by atoms with Crippen LogP contribution in [0.1, 0.15) is 39.5 Å². The van der Waals surface area contributed by atoms with Gasteiger partial charge in [-0.25, -0.2) is 9.59 Å². The smallest absolute Gasteiger partial charge is 0.406 e. The first-order valence-corrected chi connectivity index (χ1v) is 4.87. The molecule has 0 spiro atoms. The van der Waals surface area contributed by atoms with Crippen LogP contribution in [-0.2, 0) is 9.53 Å². The third-order valence-corrected chi connectivity index (χ3v) is 1.82. The Hall–Kier alpha value is -1.28. The van der Waals surface area contributed by atoms with Crippen LogP contribution >= 0.6 is 0 Å². The number of hydrogen-bond donors (Lipinski definition) is 1. The van der Waals surface area contributed by atoms with Gasteiger partial charge >= 0.3 is 6.09 Å². The molecular weight excluding hydrogens is 182 g/mol. The number of hydrogen-bond acceptors (Lipinski definition) is 3. The molecule has 0 aliphatic carbocycles. The summed E-state index contributed by atoms with van der Waals surface area (Å²) in [6.45, 7) is 4.03. The molecule has 0 bridgehead atoms. The van der Waals surface area contributed by atoms with Gasteiger partial charge in [0.15, 0.2) is 12.2 Å². The first-order chi connectivity index (χ1) is 6.70. The summed E-state index contributed by atoms with van der Waals surface area (Å²) in [4.78, 5) is 20.6. The first-order valence-electron chi connectivity index (χ1n) is 4.87. The number of unbranched alkanes of at least 4 members (excludes halogenated alkanes) is 2. The maximum atomic E-state index is 10.9. The Morgan fingerprint density at radius 2 is 2.29 bits per heavy atom. The number of nitrogens with one attached hydrogen (secondary N) is 1. The lowest BCUT2D eigenvalue weighted by molar-refractivity contribution is 0.181. The van der Waals surface area contributed by atoms with Gasteiger partial charge in [0.1, 0.15) is 0 Å². The molecule has 0 aliphatic rings. The van der Waals surface area contributed by atoms with Crippen molar-refractivity contribution in [3.05, 3.63) is 6.26 Å². The van der Waals surface area contributed by atoms with Crippen LogP contribution in [0.3, 0.4) is 0 Å². The minimum absolute atomic E-state index is 0.0779. The Labute approximate surface area is 84.3 Å². The number of alkyl carbamates (subject to hydrolysis) is 1. The standard InChI is InChI=1S/C10H17NO3/c1-3-4-5-6-9(2)11-10(13)14-8-7-12/h8-9H,3-6H2,1-2H3,(H,11,13). The Morgan fingerprint density at radius 3 is 2.86 bits per heavy atom. The SMILES string of the molecule is CCCCCC(C)NC(=O)OC=C=O. The third-order valence-electron chi connectivity index (χ3n) is 1.82. The third kappa shape index (κ3) is 7.37. The van der Waals surface area contributed by atoms with Gasteiger partial charge in [-0.2, -0.15) is 0 Å². The van der Waals surface area contributed by atoms with Crippen molar-refractivity contribution in [1.82, 2.24) is 5.32 Å². The predicted molar refractivity (Wildman–Crippen MR) is 53.5 cm³/mol. The fraction of sp³-hybridized carbons (Fsp3) is 0.700. The lowest BCUT2D eigenvalue weighted by atomic mass is 10.1. The van der Waals surface area contributed by atoms with Gasteiger partial charge in [-0.15, -0.1) is 0 Å². The highest BCUT2D eigenvalue weighted by molar-refractivity contribution is 5.69. The van der Waals surface area contributed by atoms with Gasteiger partial charge in [0.25, 0.3) is 0 Å². The van der Waals surface area contributed by atoms with Crippen LogP contribution in [0.5, 0.6) is 0 Å². The highest BCUT2D eigenvalue weighted by atomic mass is 16.5. The molecule has 0 aromatic rings. The molecular formula is C10H17NO3. The van der Waals surface area contributed by atoms with Gasteiger partial charge in [0, 0.05) is 6.04 Å². The largest absolute Gasteiger partial charge is 0.412 e. The number of carbonyl (C=O) groups excluding carboxylic acids is 2. The van der Waals surface area contributed by atoms with E-state index in [9.17, 15) is 9.59 Å². The Kier molecular flexibility index (Phi) is 7.56. The van der Waals surface area contributed by atoms with E-state index in [1.165, 1.54) is 5.94 Å². The highest BCUT2D eigenvalue weighted by Gasteiger charge is 2.06. The van der Waals surface area contributed by atoms with Gasteiger partial charge in [0.05, 0.1) is 0 Å². The van der Waals surface area contributed by atoms with Crippen LogP contribution in [0.25, 0.3) is 0 Å². The highest BCUT2D eigenvalue weighted by Crippen LogP contribution is 2.02. The Balaban J connectivity index is 3.54. The van der Waals surface area contributed by atoms with Crippen LogP contribution in [0.2, 0.25) is 0 Å². The van der Waals surface area contributed by atoms with Crippen molar-refractivity contribution >= 4 is 12.0 Å². The fourth-order valence-electron chi connectivity index (χ4n) is 1.09. The summed E-state index contributed by atoms with van der Waals surface area (Å²) in [5.74, 6) is 1.37. The molecule has 0 saturated carbocycles. The molecule has 4 nitrogen and oxygen atoms in total. The van der Waals surface area contributed by atoms with E-state index in [1.807, 2.05) is 6.92 Å². The average molecular weight is 199 g/mol. The molecule has 4 heteroatoms. The summed E-state index contributed by atoms with van der Waals surface area (Å²) in [6.07, 6.45) is 4.43. The zero-order chi connectivity index (χ0) is 10.8. The summed E-state index contributed by atoms with van der Waals surface area (Å²) in [5.41, 5.74) is 0. The number of rotatable bonds is 6. The lowest BCUT2D eigenvalue weighted by Crippen LogP contribution is -2.32. The van der Waals surface area contributed by atoms with Crippen molar-refractivity contribution in [2.75, 3.05) is 0 Å².